The smallest absolute Gasteiger partial charge is 0.235 e. The lowest BCUT2D eigenvalue weighted by molar-refractivity contribution is -0.137. The summed E-state index contributed by atoms with van der Waals surface area (Å²) in [6.07, 6.45) is 8.62. The Kier molecular flexibility index (Phi) is 7.45. The van der Waals surface area contributed by atoms with Gasteiger partial charge in [0.25, 0.3) is 0 Å². The molecule has 5 heteroatoms. The molecule has 1 aliphatic carbocycles. The summed E-state index contributed by atoms with van der Waals surface area (Å²) < 4.78 is 0. The van der Waals surface area contributed by atoms with Crippen molar-refractivity contribution in [3.8, 4) is 0 Å². The van der Waals surface area contributed by atoms with Crippen LogP contribution in [0.5, 0.6) is 0 Å². The zero-order valence-corrected chi connectivity index (χ0v) is 13.4. The Balaban J connectivity index is 2.65. The van der Waals surface area contributed by atoms with E-state index in [1.807, 2.05) is 7.05 Å². The molecule has 0 unspecified atom stereocenters. The molecule has 3 N–H and O–H groups in total. The third-order valence-electron chi connectivity index (χ3n) is 4.34. The molecular formula is C15H28N2O2S. The number of hydrogen-bond acceptors (Lipinski definition) is 3. The van der Waals surface area contributed by atoms with Crippen LogP contribution < -0.4 is 5.73 Å². The van der Waals surface area contributed by atoms with E-state index in [4.69, 9.17) is 23.1 Å². The van der Waals surface area contributed by atoms with Crippen LogP contribution in [0.15, 0.2) is 0 Å². The molecule has 0 atom stereocenters. The van der Waals surface area contributed by atoms with Gasteiger partial charge in [0, 0.05) is 20.2 Å². The molecule has 0 bridgehead atoms. The molecule has 116 valence electrons. The number of hydrogen-bond donors (Lipinski definition) is 2. The Hall–Kier alpha value is -0.680. The predicted octanol–water partition coefficient (Wildman–Crippen LogP) is 2.23. The first-order chi connectivity index (χ1) is 9.54. The minimum Gasteiger partial charge on any atom is -0.396 e. The van der Waals surface area contributed by atoms with E-state index in [2.05, 4.69) is 0 Å². The van der Waals surface area contributed by atoms with Crippen molar-refractivity contribution in [3.63, 3.8) is 0 Å². The van der Waals surface area contributed by atoms with Gasteiger partial charge in [-0.3, -0.25) is 4.79 Å². The number of carbonyl (C=O) groups is 1. The van der Waals surface area contributed by atoms with Crippen molar-refractivity contribution < 1.29 is 9.90 Å². The molecule has 4 nitrogen and oxygen atoms in total. The minimum absolute atomic E-state index is 0.0934. The molecule has 0 aliphatic heterocycles. The molecule has 0 aromatic carbocycles. The number of rotatable bonds is 7. The zero-order valence-electron chi connectivity index (χ0n) is 12.6. The second-order valence-electron chi connectivity index (χ2n) is 5.87. The maximum Gasteiger partial charge on any atom is 0.235 e. The van der Waals surface area contributed by atoms with E-state index in [0.717, 1.165) is 57.8 Å². The number of amides is 1. The van der Waals surface area contributed by atoms with E-state index in [1.54, 1.807) is 4.90 Å². The summed E-state index contributed by atoms with van der Waals surface area (Å²) in [6, 6.07) is 0. The molecule has 0 radical (unpaired) electrons. The fraction of sp³-hybridized carbons (Fsp3) is 0.867. The fourth-order valence-corrected chi connectivity index (χ4v) is 3.29. The van der Waals surface area contributed by atoms with E-state index in [0.29, 0.717) is 11.5 Å². The Labute approximate surface area is 127 Å². The lowest BCUT2D eigenvalue weighted by atomic mass is 9.79. The van der Waals surface area contributed by atoms with Crippen molar-refractivity contribution in [1.29, 1.82) is 0 Å². The van der Waals surface area contributed by atoms with E-state index in [9.17, 15) is 4.79 Å². The highest BCUT2D eigenvalue weighted by molar-refractivity contribution is 7.80. The third-order valence-corrected chi connectivity index (χ3v) is 4.73. The number of aliphatic hydroxyl groups excluding tert-OH is 1. The average molecular weight is 300 g/mol. The summed E-state index contributed by atoms with van der Waals surface area (Å²) in [5.74, 6) is 0.0934. The molecule has 0 heterocycles. The molecule has 1 saturated carbocycles. The standard InChI is InChI=1S/C15H28N2O2S/c1-17(11-7-4-8-12-18)14(19)15(13(16)20)9-5-2-3-6-10-15/h18H,2-12H2,1H3,(H2,16,20). The van der Waals surface area contributed by atoms with Crippen molar-refractivity contribution in [2.24, 2.45) is 11.1 Å². The van der Waals surface area contributed by atoms with E-state index in [1.165, 1.54) is 0 Å². The van der Waals surface area contributed by atoms with E-state index in [-0.39, 0.29) is 12.5 Å². The van der Waals surface area contributed by atoms with Crippen LogP contribution in [0.2, 0.25) is 0 Å². The first-order valence-corrected chi connectivity index (χ1v) is 8.12. The molecule has 0 spiro atoms. The van der Waals surface area contributed by atoms with Crippen LogP contribution in [-0.2, 0) is 4.79 Å². The molecule has 20 heavy (non-hydrogen) atoms. The highest BCUT2D eigenvalue weighted by Gasteiger charge is 2.42. The van der Waals surface area contributed by atoms with Crippen molar-refractivity contribution in [2.75, 3.05) is 20.2 Å². The van der Waals surface area contributed by atoms with Crippen LogP contribution in [0.4, 0.5) is 0 Å². The number of unbranched alkanes of at least 4 members (excludes halogenated alkanes) is 2. The van der Waals surface area contributed by atoms with Crippen molar-refractivity contribution in [2.45, 2.75) is 57.8 Å². The highest BCUT2D eigenvalue weighted by atomic mass is 32.1. The molecule has 0 saturated heterocycles. The maximum atomic E-state index is 12.8. The summed E-state index contributed by atoms with van der Waals surface area (Å²) in [5, 5.41) is 8.78. The minimum atomic E-state index is -0.614. The number of carbonyl (C=O) groups excluding carboxylic acids is 1. The largest absolute Gasteiger partial charge is 0.396 e. The van der Waals surface area contributed by atoms with Crippen molar-refractivity contribution in [1.82, 2.24) is 4.90 Å². The quantitative estimate of drug-likeness (QED) is 0.430. The SMILES string of the molecule is CN(CCCCCO)C(=O)C1(C(N)=S)CCCCCC1. The summed E-state index contributed by atoms with van der Waals surface area (Å²) in [6.45, 7) is 0.928. The first kappa shape index (κ1) is 17.4. The first-order valence-electron chi connectivity index (χ1n) is 7.71. The number of thiocarbonyl (C=S) groups is 1. The topological polar surface area (TPSA) is 66.6 Å². The van der Waals surface area contributed by atoms with Gasteiger partial charge in [-0.2, -0.15) is 0 Å². The summed E-state index contributed by atoms with van der Waals surface area (Å²) in [7, 11) is 1.84. The van der Waals surface area contributed by atoms with Gasteiger partial charge >= 0.3 is 0 Å². The molecule has 1 amide bonds. The number of nitrogens with zero attached hydrogens (tertiary/aromatic N) is 1. The van der Waals surface area contributed by atoms with E-state index >= 15 is 0 Å². The van der Waals surface area contributed by atoms with Crippen LogP contribution in [0.25, 0.3) is 0 Å². The van der Waals surface area contributed by atoms with Crippen LogP contribution in [0.3, 0.4) is 0 Å². The predicted molar refractivity (Wildman–Crippen MR) is 85.5 cm³/mol. The van der Waals surface area contributed by atoms with Crippen LogP contribution in [0.1, 0.15) is 57.8 Å². The van der Waals surface area contributed by atoms with Gasteiger partial charge in [-0.25, -0.2) is 0 Å². The van der Waals surface area contributed by atoms with Crippen LogP contribution in [0, 0.1) is 5.41 Å². The third kappa shape index (κ3) is 4.42. The summed E-state index contributed by atoms with van der Waals surface area (Å²) >= 11 is 5.23. The second kappa shape index (κ2) is 8.57. The molecule has 0 aromatic heterocycles. The van der Waals surface area contributed by atoms with Gasteiger partial charge in [-0.05, 0) is 32.1 Å². The summed E-state index contributed by atoms with van der Waals surface area (Å²) in [4.78, 5) is 14.9. The number of nitrogens with two attached hydrogens (primary N) is 1. The molecule has 1 fully saturated rings. The number of aliphatic hydroxyl groups is 1. The monoisotopic (exact) mass is 300 g/mol. The van der Waals surface area contributed by atoms with Gasteiger partial charge in [0.1, 0.15) is 0 Å². The average Bonchev–Trinajstić information content (AvgIpc) is 2.69. The molecular weight excluding hydrogens is 272 g/mol. The zero-order chi connectivity index (χ0) is 15.0. The Bertz CT molecular complexity index is 326. The van der Waals surface area contributed by atoms with Crippen LogP contribution >= 0.6 is 12.2 Å². The van der Waals surface area contributed by atoms with Crippen molar-refractivity contribution in [3.05, 3.63) is 0 Å². The van der Waals surface area contributed by atoms with Gasteiger partial charge in [0.2, 0.25) is 5.91 Å². The molecule has 1 rings (SSSR count). The normalized spacial score (nSPS) is 18.3. The fourth-order valence-electron chi connectivity index (χ4n) is 3.00. The maximum absolute atomic E-state index is 12.8. The molecule has 1 aliphatic rings. The second-order valence-corrected chi connectivity index (χ2v) is 6.31. The molecule has 0 aromatic rings. The van der Waals surface area contributed by atoms with Gasteiger partial charge in [0.15, 0.2) is 0 Å². The van der Waals surface area contributed by atoms with E-state index < -0.39 is 5.41 Å². The highest BCUT2D eigenvalue weighted by Crippen LogP contribution is 2.37. The van der Waals surface area contributed by atoms with Gasteiger partial charge in [-0.1, -0.05) is 37.9 Å². The van der Waals surface area contributed by atoms with Gasteiger partial charge in [0.05, 0.1) is 10.4 Å². The lowest BCUT2D eigenvalue weighted by Gasteiger charge is -2.34. The lowest BCUT2D eigenvalue weighted by Crippen LogP contribution is -2.49. The van der Waals surface area contributed by atoms with Gasteiger partial charge < -0.3 is 15.7 Å². The summed E-state index contributed by atoms with van der Waals surface area (Å²) in [5.41, 5.74) is 5.32. The Morgan fingerprint density at radius 1 is 1.20 bits per heavy atom. The van der Waals surface area contributed by atoms with Gasteiger partial charge in [-0.15, -0.1) is 0 Å². The van der Waals surface area contributed by atoms with Crippen LogP contribution in [-0.4, -0.2) is 41.1 Å². The Morgan fingerprint density at radius 3 is 2.30 bits per heavy atom. The Morgan fingerprint density at radius 2 is 1.80 bits per heavy atom. The van der Waals surface area contributed by atoms with Crippen molar-refractivity contribution >= 4 is 23.1 Å².